The number of nitrogens with two attached hydrogens (primary N) is 2. The summed E-state index contributed by atoms with van der Waals surface area (Å²) < 4.78 is 36.5. The Bertz CT molecular complexity index is 1060. The summed E-state index contributed by atoms with van der Waals surface area (Å²) in [5, 5.41) is 0.212. The van der Waals surface area contributed by atoms with Crippen molar-refractivity contribution in [2.45, 2.75) is 37.8 Å². The maximum atomic E-state index is 14.5. The first-order valence-corrected chi connectivity index (χ1v) is 9.19. The summed E-state index contributed by atoms with van der Waals surface area (Å²) in [6.07, 6.45) is 1.55. The SMILES string of the molecule is COc1c(N2CC(C(C)N)C(F)(F)C2)ccc2c(=O)n(N)c(=O)n(C3CC3)c12. The van der Waals surface area contributed by atoms with E-state index in [9.17, 15) is 18.4 Å². The zero-order valence-corrected chi connectivity index (χ0v) is 15.7. The number of hydrogen-bond donors (Lipinski definition) is 2. The summed E-state index contributed by atoms with van der Waals surface area (Å²) in [6.45, 7) is 1.10. The van der Waals surface area contributed by atoms with Crippen LogP contribution in [0, 0.1) is 5.92 Å². The van der Waals surface area contributed by atoms with Gasteiger partial charge in [-0.15, -0.1) is 0 Å². The van der Waals surface area contributed by atoms with Gasteiger partial charge in [-0.05, 0) is 31.9 Å². The summed E-state index contributed by atoms with van der Waals surface area (Å²) in [5.74, 6) is 1.92. The minimum absolute atomic E-state index is 0.0498. The van der Waals surface area contributed by atoms with Gasteiger partial charge in [0.2, 0.25) is 0 Å². The third kappa shape index (κ3) is 2.66. The molecule has 2 unspecified atom stereocenters. The Labute approximate surface area is 159 Å². The second-order valence-electron chi connectivity index (χ2n) is 7.68. The number of alkyl halides is 2. The summed E-state index contributed by atoms with van der Waals surface area (Å²) in [5.41, 5.74) is 5.17. The van der Waals surface area contributed by atoms with Crippen LogP contribution >= 0.6 is 0 Å². The standard InChI is InChI=1S/C18H23F2N5O3/c1-9(21)12-7-23(8-18(12,19)20)13-6-5-11-14(15(13)28-2)24(10-3-4-10)17(27)25(22)16(11)26/h5-6,9-10,12H,3-4,7-8,21-22H2,1-2H3. The molecule has 2 aliphatic rings. The number of aromatic nitrogens is 2. The van der Waals surface area contributed by atoms with Gasteiger partial charge in [-0.1, -0.05) is 0 Å². The van der Waals surface area contributed by atoms with Crippen LogP contribution in [-0.4, -0.2) is 41.4 Å². The molecule has 2 heterocycles. The van der Waals surface area contributed by atoms with Crippen molar-refractivity contribution in [2.24, 2.45) is 11.7 Å². The highest BCUT2D eigenvalue weighted by molar-refractivity contribution is 5.91. The molecule has 1 aromatic heterocycles. The molecule has 4 rings (SSSR count). The van der Waals surface area contributed by atoms with Crippen LogP contribution in [0.5, 0.6) is 5.75 Å². The minimum atomic E-state index is -2.95. The van der Waals surface area contributed by atoms with E-state index >= 15 is 0 Å². The molecule has 1 aliphatic heterocycles. The minimum Gasteiger partial charge on any atom is -0.492 e. The number of methoxy groups -OCH3 is 1. The van der Waals surface area contributed by atoms with Gasteiger partial charge in [0, 0.05) is 18.6 Å². The third-order valence-corrected chi connectivity index (χ3v) is 5.67. The number of rotatable bonds is 4. The van der Waals surface area contributed by atoms with Crippen molar-refractivity contribution in [2.75, 3.05) is 30.9 Å². The Kier molecular flexibility index (Phi) is 4.14. The van der Waals surface area contributed by atoms with Crippen molar-refractivity contribution in [3.63, 3.8) is 0 Å². The van der Waals surface area contributed by atoms with Gasteiger partial charge in [0.15, 0.2) is 5.75 Å². The van der Waals surface area contributed by atoms with E-state index in [2.05, 4.69) is 0 Å². The van der Waals surface area contributed by atoms with Crippen molar-refractivity contribution < 1.29 is 13.5 Å². The van der Waals surface area contributed by atoms with Crippen molar-refractivity contribution in [1.29, 1.82) is 0 Å². The highest BCUT2D eigenvalue weighted by atomic mass is 19.3. The number of hydrogen-bond acceptors (Lipinski definition) is 6. The molecule has 0 amide bonds. The molecule has 0 bridgehead atoms. The average molecular weight is 395 g/mol. The second kappa shape index (κ2) is 6.20. The lowest BCUT2D eigenvalue weighted by molar-refractivity contribution is -0.0273. The van der Waals surface area contributed by atoms with Gasteiger partial charge in [-0.2, -0.15) is 4.68 Å². The van der Waals surface area contributed by atoms with Crippen LogP contribution in [-0.2, 0) is 0 Å². The number of nitrogens with zero attached hydrogens (tertiary/aromatic N) is 3. The van der Waals surface area contributed by atoms with Crippen LogP contribution in [0.25, 0.3) is 10.9 Å². The Morgan fingerprint density at radius 2 is 1.96 bits per heavy atom. The molecule has 0 spiro atoms. The summed E-state index contributed by atoms with van der Waals surface area (Å²) in [4.78, 5) is 26.6. The topological polar surface area (TPSA) is 109 Å². The number of fused-ring (bicyclic) bond motifs is 1. The molecule has 1 aromatic carbocycles. The fraction of sp³-hybridized carbons (Fsp3) is 0.556. The van der Waals surface area contributed by atoms with E-state index in [4.69, 9.17) is 16.3 Å². The molecule has 1 aliphatic carbocycles. The molecule has 1 saturated heterocycles. The lowest BCUT2D eigenvalue weighted by Crippen LogP contribution is -2.44. The maximum absolute atomic E-state index is 14.5. The van der Waals surface area contributed by atoms with Crippen molar-refractivity contribution in [3.8, 4) is 5.75 Å². The monoisotopic (exact) mass is 395 g/mol. The maximum Gasteiger partial charge on any atom is 0.350 e. The summed E-state index contributed by atoms with van der Waals surface area (Å²) >= 11 is 0. The van der Waals surface area contributed by atoms with E-state index in [1.54, 1.807) is 13.0 Å². The van der Waals surface area contributed by atoms with Crippen LogP contribution in [0.1, 0.15) is 25.8 Å². The van der Waals surface area contributed by atoms with E-state index in [0.29, 0.717) is 15.9 Å². The molecule has 152 valence electrons. The van der Waals surface area contributed by atoms with Gasteiger partial charge in [0.05, 0.1) is 30.6 Å². The Morgan fingerprint density at radius 1 is 1.29 bits per heavy atom. The van der Waals surface area contributed by atoms with E-state index in [-0.39, 0.29) is 23.7 Å². The van der Waals surface area contributed by atoms with Gasteiger partial charge in [-0.25, -0.2) is 13.6 Å². The predicted molar refractivity (Wildman–Crippen MR) is 102 cm³/mol. The fourth-order valence-electron chi connectivity index (χ4n) is 4.06. The van der Waals surface area contributed by atoms with Gasteiger partial charge in [0.25, 0.3) is 11.5 Å². The van der Waals surface area contributed by atoms with Crippen LogP contribution < -0.4 is 32.5 Å². The molecule has 4 N–H and O–H groups in total. The third-order valence-electron chi connectivity index (χ3n) is 5.67. The van der Waals surface area contributed by atoms with E-state index in [0.717, 1.165) is 12.8 Å². The van der Waals surface area contributed by atoms with Crippen molar-refractivity contribution in [3.05, 3.63) is 33.0 Å². The molecule has 2 atom stereocenters. The van der Waals surface area contributed by atoms with Crippen molar-refractivity contribution >= 4 is 16.6 Å². The number of benzene rings is 1. The molecular weight excluding hydrogens is 372 g/mol. The molecule has 2 aromatic rings. The molecule has 0 radical (unpaired) electrons. The first-order chi connectivity index (χ1) is 13.2. The van der Waals surface area contributed by atoms with Gasteiger partial charge < -0.3 is 21.2 Å². The first kappa shape index (κ1) is 18.7. The summed E-state index contributed by atoms with van der Waals surface area (Å²) in [7, 11) is 1.39. The number of anilines is 1. The largest absolute Gasteiger partial charge is 0.492 e. The zero-order valence-electron chi connectivity index (χ0n) is 15.7. The summed E-state index contributed by atoms with van der Waals surface area (Å²) in [6, 6.07) is 2.30. The molecule has 8 nitrogen and oxygen atoms in total. The highest BCUT2D eigenvalue weighted by Crippen LogP contribution is 2.44. The Balaban J connectivity index is 1.95. The van der Waals surface area contributed by atoms with E-state index in [1.165, 1.54) is 22.6 Å². The number of halogens is 2. The Hall–Kier alpha value is -2.62. The fourth-order valence-corrected chi connectivity index (χ4v) is 4.06. The quantitative estimate of drug-likeness (QED) is 0.736. The second-order valence-corrected chi connectivity index (χ2v) is 7.68. The highest BCUT2D eigenvalue weighted by Gasteiger charge is 2.50. The Morgan fingerprint density at radius 3 is 2.50 bits per heavy atom. The van der Waals surface area contributed by atoms with Crippen LogP contribution in [0.15, 0.2) is 21.7 Å². The van der Waals surface area contributed by atoms with Gasteiger partial charge in [0.1, 0.15) is 5.52 Å². The number of ether oxygens (including phenoxy) is 1. The van der Waals surface area contributed by atoms with Crippen molar-refractivity contribution in [1.82, 2.24) is 9.24 Å². The normalized spacial score (nSPS) is 22.6. The lowest BCUT2D eigenvalue weighted by atomic mass is 9.98. The molecule has 1 saturated carbocycles. The van der Waals surface area contributed by atoms with E-state index in [1.807, 2.05) is 0 Å². The molecular formula is C18H23F2N5O3. The van der Waals surface area contributed by atoms with Gasteiger partial charge >= 0.3 is 5.69 Å². The average Bonchev–Trinajstić information content (AvgIpc) is 3.41. The van der Waals surface area contributed by atoms with Crippen LogP contribution in [0.4, 0.5) is 14.5 Å². The predicted octanol–water partition coefficient (Wildman–Crippen LogP) is 0.639. The molecule has 10 heteroatoms. The van der Waals surface area contributed by atoms with Crippen LogP contribution in [0.2, 0.25) is 0 Å². The smallest absolute Gasteiger partial charge is 0.350 e. The van der Waals surface area contributed by atoms with Crippen LogP contribution in [0.3, 0.4) is 0 Å². The first-order valence-electron chi connectivity index (χ1n) is 9.19. The van der Waals surface area contributed by atoms with Gasteiger partial charge in [-0.3, -0.25) is 9.36 Å². The molecule has 2 fully saturated rings. The van der Waals surface area contributed by atoms with E-state index < -0.39 is 35.7 Å². The number of nitrogen functional groups attached to an aromatic ring is 1. The lowest BCUT2D eigenvalue weighted by Gasteiger charge is -2.23. The zero-order chi connectivity index (χ0) is 20.4. The molecule has 28 heavy (non-hydrogen) atoms.